The van der Waals surface area contributed by atoms with Crippen LogP contribution < -0.4 is 0 Å². The first-order chi connectivity index (χ1) is 6.11. The maximum atomic E-state index is 10.5. The number of hydrogen-bond donors (Lipinski definition) is 3. The lowest BCUT2D eigenvalue weighted by molar-refractivity contribution is -0.133. The van der Waals surface area contributed by atoms with Crippen LogP contribution in [0, 0.1) is 0 Å². The zero-order chi connectivity index (χ0) is 9.84. The summed E-state index contributed by atoms with van der Waals surface area (Å²) in [4.78, 5) is 26.9. The fraction of sp³-hybridized carbons (Fsp3) is 0. The molecule has 0 amide bonds. The Bertz CT molecular complexity index is 353. The highest BCUT2D eigenvalue weighted by Gasteiger charge is 2.13. The molecule has 1 rings (SSSR count). The summed E-state index contributed by atoms with van der Waals surface area (Å²) in [7, 11) is 0. The molecule has 1 aromatic rings. The Morgan fingerprint density at radius 1 is 1.46 bits per heavy atom. The Labute approximate surface area is 72.5 Å². The number of aromatic amines is 1. The first-order valence-electron chi connectivity index (χ1n) is 3.29. The van der Waals surface area contributed by atoms with Crippen LogP contribution in [-0.2, 0) is 9.59 Å². The van der Waals surface area contributed by atoms with E-state index in [1.807, 2.05) is 0 Å². The molecular weight excluding hydrogens is 176 g/mol. The van der Waals surface area contributed by atoms with E-state index in [4.69, 9.17) is 10.2 Å². The van der Waals surface area contributed by atoms with Crippen LogP contribution in [-0.4, -0.2) is 32.1 Å². The van der Waals surface area contributed by atoms with Crippen LogP contribution >= 0.6 is 0 Å². The normalized spacial score (nSPS) is 11.2. The Hall–Kier alpha value is -2.11. The van der Waals surface area contributed by atoms with Gasteiger partial charge in [0.15, 0.2) is 0 Å². The summed E-state index contributed by atoms with van der Waals surface area (Å²) in [5.74, 6) is -2.64. The van der Waals surface area contributed by atoms with Crippen LogP contribution in [0.4, 0.5) is 0 Å². The average Bonchev–Trinajstić information content (AvgIpc) is 2.50. The molecular formula is C7H6N2O4. The predicted molar refractivity (Wildman–Crippen MR) is 41.8 cm³/mol. The quantitative estimate of drug-likeness (QED) is 0.569. The van der Waals surface area contributed by atoms with E-state index in [9.17, 15) is 9.59 Å². The van der Waals surface area contributed by atoms with Gasteiger partial charge in [-0.3, -0.25) is 0 Å². The maximum absolute atomic E-state index is 10.5. The van der Waals surface area contributed by atoms with Gasteiger partial charge >= 0.3 is 11.9 Å². The van der Waals surface area contributed by atoms with E-state index >= 15 is 0 Å². The second-order valence-corrected chi connectivity index (χ2v) is 2.14. The molecule has 0 fully saturated rings. The summed E-state index contributed by atoms with van der Waals surface area (Å²) in [5, 5.41) is 17.0. The third-order valence-corrected chi connectivity index (χ3v) is 1.25. The topological polar surface area (TPSA) is 103 Å². The minimum atomic E-state index is -1.34. The number of imidazole rings is 1. The monoisotopic (exact) mass is 182 g/mol. The molecule has 0 aromatic carbocycles. The zero-order valence-electron chi connectivity index (χ0n) is 6.39. The van der Waals surface area contributed by atoms with E-state index in [1.54, 1.807) is 0 Å². The van der Waals surface area contributed by atoms with E-state index < -0.39 is 11.9 Å². The maximum Gasteiger partial charge on any atom is 0.339 e. The molecule has 0 radical (unpaired) electrons. The molecule has 0 aliphatic rings. The van der Waals surface area contributed by atoms with Crippen molar-refractivity contribution in [1.82, 2.24) is 9.97 Å². The molecule has 6 nitrogen and oxygen atoms in total. The van der Waals surface area contributed by atoms with Gasteiger partial charge in [-0.05, 0) is 0 Å². The summed E-state index contributed by atoms with van der Waals surface area (Å²) >= 11 is 0. The minimum absolute atomic E-state index is 0.0231. The van der Waals surface area contributed by atoms with Gasteiger partial charge < -0.3 is 15.2 Å². The fourth-order valence-corrected chi connectivity index (χ4v) is 0.767. The molecule has 0 bridgehead atoms. The lowest BCUT2D eigenvalue weighted by atomic mass is 10.2. The lowest BCUT2D eigenvalue weighted by Gasteiger charge is -1.94. The summed E-state index contributed by atoms with van der Waals surface area (Å²) in [6.07, 6.45) is 3.34. The third-order valence-electron chi connectivity index (χ3n) is 1.25. The van der Waals surface area contributed by atoms with E-state index in [1.165, 1.54) is 12.4 Å². The van der Waals surface area contributed by atoms with Gasteiger partial charge in [0.1, 0.15) is 11.4 Å². The lowest BCUT2D eigenvalue weighted by Crippen LogP contribution is -2.04. The number of nitrogens with zero attached hydrogens (tertiary/aromatic N) is 1. The second kappa shape index (κ2) is 3.53. The van der Waals surface area contributed by atoms with E-state index in [-0.39, 0.29) is 11.4 Å². The standard InChI is InChI=1S/C7H6N2O4/c10-5(11)3-4(7(12)13)6-8-1-2-9-6/h1-3H,(H,8,9)(H,10,11)(H,12,13)/b4-3+. The van der Waals surface area contributed by atoms with Crippen LogP contribution in [0.3, 0.4) is 0 Å². The number of aromatic nitrogens is 2. The number of aliphatic carboxylic acids is 2. The predicted octanol–water partition coefficient (Wildman–Crippen LogP) is -0.0377. The van der Waals surface area contributed by atoms with Crippen LogP contribution in [0.2, 0.25) is 0 Å². The molecule has 68 valence electrons. The number of carbonyl (C=O) groups is 2. The van der Waals surface area contributed by atoms with Crippen molar-refractivity contribution in [2.75, 3.05) is 0 Å². The van der Waals surface area contributed by atoms with Gasteiger partial charge in [-0.1, -0.05) is 0 Å². The van der Waals surface area contributed by atoms with Gasteiger partial charge in [0.25, 0.3) is 0 Å². The van der Waals surface area contributed by atoms with Gasteiger partial charge in [0.05, 0.1) is 0 Å². The average molecular weight is 182 g/mol. The van der Waals surface area contributed by atoms with E-state index in [0.29, 0.717) is 6.08 Å². The van der Waals surface area contributed by atoms with Gasteiger partial charge in [0, 0.05) is 18.5 Å². The van der Waals surface area contributed by atoms with Crippen molar-refractivity contribution >= 4 is 17.5 Å². The molecule has 13 heavy (non-hydrogen) atoms. The molecule has 1 heterocycles. The molecule has 0 atom stereocenters. The van der Waals surface area contributed by atoms with Crippen molar-refractivity contribution in [3.05, 3.63) is 24.3 Å². The summed E-state index contributed by atoms with van der Waals surface area (Å²) < 4.78 is 0. The first kappa shape index (κ1) is 8.98. The van der Waals surface area contributed by atoms with Gasteiger partial charge in [-0.15, -0.1) is 0 Å². The summed E-state index contributed by atoms with van der Waals surface area (Å²) in [5.41, 5.74) is -0.377. The van der Waals surface area contributed by atoms with Crippen molar-refractivity contribution in [2.45, 2.75) is 0 Å². The number of carboxylic acids is 2. The number of carboxylic acid groups (broad SMARTS) is 2. The Balaban J connectivity index is 3.08. The molecule has 0 aliphatic heterocycles. The number of H-pyrrole nitrogens is 1. The largest absolute Gasteiger partial charge is 0.478 e. The second-order valence-electron chi connectivity index (χ2n) is 2.14. The molecule has 0 spiro atoms. The molecule has 3 N–H and O–H groups in total. The first-order valence-corrected chi connectivity index (χ1v) is 3.29. The van der Waals surface area contributed by atoms with Crippen LogP contribution in [0.1, 0.15) is 5.82 Å². The van der Waals surface area contributed by atoms with Crippen LogP contribution in [0.5, 0.6) is 0 Å². The number of nitrogens with one attached hydrogen (secondary N) is 1. The van der Waals surface area contributed by atoms with Crippen molar-refractivity contribution in [2.24, 2.45) is 0 Å². The summed E-state index contributed by atoms with van der Waals surface area (Å²) in [6.45, 7) is 0. The van der Waals surface area contributed by atoms with Crippen LogP contribution in [0.25, 0.3) is 5.57 Å². The SMILES string of the molecule is O=C(O)/C=C(/C(=O)O)c1ncc[nH]1. The van der Waals surface area contributed by atoms with Gasteiger partial charge in [0.2, 0.25) is 0 Å². The molecule has 1 aromatic heterocycles. The molecule has 0 saturated carbocycles. The zero-order valence-corrected chi connectivity index (χ0v) is 6.39. The Kier molecular flexibility index (Phi) is 2.44. The molecule has 6 heteroatoms. The number of hydrogen-bond acceptors (Lipinski definition) is 3. The Morgan fingerprint density at radius 3 is 2.54 bits per heavy atom. The Morgan fingerprint density at radius 2 is 2.15 bits per heavy atom. The number of rotatable bonds is 3. The van der Waals surface area contributed by atoms with Crippen molar-refractivity contribution < 1.29 is 19.8 Å². The van der Waals surface area contributed by atoms with Gasteiger partial charge in [-0.25, -0.2) is 14.6 Å². The highest BCUT2D eigenvalue weighted by molar-refractivity contribution is 6.18. The van der Waals surface area contributed by atoms with Crippen molar-refractivity contribution in [1.29, 1.82) is 0 Å². The van der Waals surface area contributed by atoms with E-state index in [0.717, 1.165) is 0 Å². The van der Waals surface area contributed by atoms with Crippen molar-refractivity contribution in [3.63, 3.8) is 0 Å². The smallest absolute Gasteiger partial charge is 0.339 e. The molecule has 0 aliphatic carbocycles. The third kappa shape index (κ3) is 2.16. The fourth-order valence-electron chi connectivity index (χ4n) is 0.767. The van der Waals surface area contributed by atoms with E-state index in [2.05, 4.69) is 9.97 Å². The highest BCUT2D eigenvalue weighted by atomic mass is 16.4. The highest BCUT2D eigenvalue weighted by Crippen LogP contribution is 2.08. The van der Waals surface area contributed by atoms with Gasteiger partial charge in [-0.2, -0.15) is 0 Å². The minimum Gasteiger partial charge on any atom is -0.478 e. The molecule has 0 unspecified atom stereocenters. The molecule has 0 saturated heterocycles. The van der Waals surface area contributed by atoms with Crippen LogP contribution in [0.15, 0.2) is 18.5 Å². The van der Waals surface area contributed by atoms with Crippen molar-refractivity contribution in [3.8, 4) is 0 Å². The summed E-state index contributed by atoms with van der Waals surface area (Å²) in [6, 6.07) is 0.